The number of rotatable bonds is 5. The maximum atomic E-state index is 12.5. The van der Waals surface area contributed by atoms with E-state index in [2.05, 4.69) is 10.1 Å². The second-order valence-corrected chi connectivity index (χ2v) is 7.06. The van der Waals surface area contributed by atoms with Crippen molar-refractivity contribution in [3.8, 4) is 5.75 Å². The Hall–Kier alpha value is -2.53. The monoisotopic (exact) mass is 417 g/mol. The van der Waals surface area contributed by atoms with Gasteiger partial charge in [0.2, 0.25) is 0 Å². The molecule has 0 aliphatic heterocycles. The zero-order valence-electron chi connectivity index (χ0n) is 17.4. The molecular formula is C23H28ClNO4. The Bertz CT molecular complexity index is 819. The van der Waals surface area contributed by atoms with Crippen molar-refractivity contribution in [1.82, 2.24) is 0 Å². The number of methoxy groups -OCH3 is 1. The number of aryl methyl sites for hydroxylation is 1. The molecule has 0 aromatic heterocycles. The molecule has 1 fully saturated rings. The SMILES string of the molecule is CC.COC(=O)c1ccc(NC(=O)c2cc(C)c(OC3CCCC3)c(Cl)c2)cc1. The van der Waals surface area contributed by atoms with E-state index in [4.69, 9.17) is 16.3 Å². The van der Waals surface area contributed by atoms with Crippen molar-refractivity contribution in [3.63, 3.8) is 0 Å². The van der Waals surface area contributed by atoms with Gasteiger partial charge in [-0.2, -0.15) is 0 Å². The molecule has 1 saturated carbocycles. The highest BCUT2D eigenvalue weighted by molar-refractivity contribution is 6.32. The van der Waals surface area contributed by atoms with Crippen LogP contribution in [0.15, 0.2) is 36.4 Å². The van der Waals surface area contributed by atoms with E-state index < -0.39 is 5.97 Å². The number of esters is 1. The number of hydrogen-bond acceptors (Lipinski definition) is 4. The van der Waals surface area contributed by atoms with Crippen LogP contribution in [-0.2, 0) is 4.74 Å². The first kappa shape index (κ1) is 22.8. The van der Waals surface area contributed by atoms with Crippen LogP contribution in [0.2, 0.25) is 5.02 Å². The summed E-state index contributed by atoms with van der Waals surface area (Å²) in [6.07, 6.45) is 4.64. The van der Waals surface area contributed by atoms with Crippen LogP contribution < -0.4 is 10.1 Å². The summed E-state index contributed by atoms with van der Waals surface area (Å²) in [7, 11) is 1.32. The number of carbonyl (C=O) groups is 2. The fourth-order valence-electron chi connectivity index (χ4n) is 3.19. The predicted octanol–water partition coefficient (Wildman–Crippen LogP) is 6.03. The molecule has 0 saturated heterocycles. The normalized spacial score (nSPS) is 13.3. The van der Waals surface area contributed by atoms with Crippen molar-refractivity contribution in [1.29, 1.82) is 0 Å². The van der Waals surface area contributed by atoms with Gasteiger partial charge in [-0.3, -0.25) is 4.79 Å². The molecule has 6 heteroatoms. The maximum absolute atomic E-state index is 12.5. The summed E-state index contributed by atoms with van der Waals surface area (Å²) in [6.45, 7) is 5.89. The molecule has 156 valence electrons. The topological polar surface area (TPSA) is 64.6 Å². The molecule has 0 unspecified atom stereocenters. The van der Waals surface area contributed by atoms with Crippen LogP contribution in [0.5, 0.6) is 5.75 Å². The van der Waals surface area contributed by atoms with Crippen molar-refractivity contribution in [2.24, 2.45) is 0 Å². The van der Waals surface area contributed by atoms with Crippen LogP contribution in [0.25, 0.3) is 0 Å². The van der Waals surface area contributed by atoms with Crippen LogP contribution in [0.3, 0.4) is 0 Å². The molecule has 0 spiro atoms. The Morgan fingerprint density at radius 2 is 1.66 bits per heavy atom. The van der Waals surface area contributed by atoms with Gasteiger partial charge in [0, 0.05) is 11.3 Å². The smallest absolute Gasteiger partial charge is 0.337 e. The molecule has 3 rings (SSSR count). The highest BCUT2D eigenvalue weighted by Crippen LogP contribution is 2.34. The standard InChI is InChI=1S/C21H22ClNO4.C2H6/c1-13-11-15(12-18(22)19(13)27-17-5-3-4-6-17)20(24)23-16-9-7-14(8-10-16)21(25)26-2;1-2/h7-12,17H,3-6H2,1-2H3,(H,23,24);1-2H3. The lowest BCUT2D eigenvalue weighted by molar-refractivity contribution is 0.0600. The third-order valence-electron chi connectivity index (χ3n) is 4.64. The van der Waals surface area contributed by atoms with Gasteiger partial charge < -0.3 is 14.8 Å². The van der Waals surface area contributed by atoms with Crippen molar-refractivity contribution in [2.75, 3.05) is 12.4 Å². The van der Waals surface area contributed by atoms with Crippen LogP contribution in [0.4, 0.5) is 5.69 Å². The number of hydrogen-bond donors (Lipinski definition) is 1. The quantitative estimate of drug-likeness (QED) is 0.602. The summed E-state index contributed by atoms with van der Waals surface area (Å²) in [4.78, 5) is 24.0. The van der Waals surface area contributed by atoms with Gasteiger partial charge in [0.15, 0.2) is 0 Å². The van der Waals surface area contributed by atoms with E-state index >= 15 is 0 Å². The van der Waals surface area contributed by atoms with Crippen molar-refractivity contribution >= 4 is 29.2 Å². The zero-order chi connectivity index (χ0) is 21.4. The van der Waals surface area contributed by atoms with Crippen LogP contribution in [0, 0.1) is 6.92 Å². The van der Waals surface area contributed by atoms with Gasteiger partial charge in [0.25, 0.3) is 5.91 Å². The van der Waals surface area contributed by atoms with E-state index in [1.807, 2.05) is 20.8 Å². The predicted molar refractivity (Wildman–Crippen MR) is 116 cm³/mol. The third-order valence-corrected chi connectivity index (χ3v) is 4.92. The lowest BCUT2D eigenvalue weighted by Gasteiger charge is -2.17. The first-order valence-electron chi connectivity index (χ1n) is 9.94. The fourth-order valence-corrected chi connectivity index (χ4v) is 3.51. The van der Waals surface area contributed by atoms with Crippen molar-refractivity contribution in [2.45, 2.75) is 52.6 Å². The highest BCUT2D eigenvalue weighted by atomic mass is 35.5. The van der Waals surface area contributed by atoms with E-state index in [9.17, 15) is 9.59 Å². The average Bonchev–Trinajstić information content (AvgIpc) is 3.25. The average molecular weight is 418 g/mol. The molecule has 0 radical (unpaired) electrons. The van der Waals surface area contributed by atoms with Crippen LogP contribution in [0.1, 0.15) is 65.8 Å². The van der Waals surface area contributed by atoms with Gasteiger partial charge in [-0.1, -0.05) is 25.4 Å². The first-order chi connectivity index (χ1) is 14.0. The minimum atomic E-state index is -0.423. The lowest BCUT2D eigenvalue weighted by atomic mass is 10.1. The van der Waals surface area contributed by atoms with Crippen molar-refractivity contribution in [3.05, 3.63) is 58.1 Å². The molecule has 0 atom stereocenters. The van der Waals surface area contributed by atoms with Gasteiger partial charge in [-0.15, -0.1) is 0 Å². The summed E-state index contributed by atoms with van der Waals surface area (Å²) in [6, 6.07) is 9.88. The van der Waals surface area contributed by atoms with Gasteiger partial charge in [-0.05, 0) is 74.6 Å². The molecule has 0 bridgehead atoms. The summed E-state index contributed by atoms with van der Waals surface area (Å²) in [5, 5.41) is 3.24. The summed E-state index contributed by atoms with van der Waals surface area (Å²) in [5.41, 5.74) is 2.28. The van der Waals surface area contributed by atoms with Gasteiger partial charge in [0.1, 0.15) is 5.75 Å². The van der Waals surface area contributed by atoms with Gasteiger partial charge in [-0.25, -0.2) is 4.79 Å². The molecule has 1 N–H and O–H groups in total. The Balaban J connectivity index is 0.00000145. The Morgan fingerprint density at radius 3 is 2.21 bits per heavy atom. The number of carbonyl (C=O) groups excluding carboxylic acids is 2. The molecule has 29 heavy (non-hydrogen) atoms. The molecule has 1 aliphatic rings. The molecule has 5 nitrogen and oxygen atoms in total. The second kappa shape index (κ2) is 10.9. The van der Waals surface area contributed by atoms with E-state index in [0.29, 0.717) is 27.6 Å². The summed E-state index contributed by atoms with van der Waals surface area (Å²) >= 11 is 6.38. The van der Waals surface area contributed by atoms with E-state index in [0.717, 1.165) is 18.4 Å². The molecule has 1 aliphatic carbocycles. The van der Waals surface area contributed by atoms with E-state index in [-0.39, 0.29) is 12.0 Å². The Morgan fingerprint density at radius 1 is 1.03 bits per heavy atom. The molecule has 1 amide bonds. The number of nitrogens with one attached hydrogen (secondary N) is 1. The largest absolute Gasteiger partial charge is 0.489 e. The molecule has 2 aromatic rings. The zero-order valence-corrected chi connectivity index (χ0v) is 18.1. The minimum absolute atomic E-state index is 0.203. The van der Waals surface area contributed by atoms with E-state index in [1.165, 1.54) is 20.0 Å². The minimum Gasteiger partial charge on any atom is -0.489 e. The summed E-state index contributed by atoms with van der Waals surface area (Å²) < 4.78 is 10.7. The number of benzene rings is 2. The fraction of sp³-hybridized carbons (Fsp3) is 0.391. The second-order valence-electron chi connectivity index (χ2n) is 6.65. The number of anilines is 1. The number of halogens is 1. The Labute approximate surface area is 177 Å². The molecular weight excluding hydrogens is 390 g/mol. The van der Waals surface area contributed by atoms with Gasteiger partial charge in [0.05, 0.1) is 23.8 Å². The molecule has 2 aromatic carbocycles. The first-order valence-corrected chi connectivity index (χ1v) is 10.3. The Kier molecular flexibility index (Phi) is 8.52. The van der Waals surface area contributed by atoms with Gasteiger partial charge >= 0.3 is 5.97 Å². The number of ether oxygens (including phenoxy) is 2. The van der Waals surface area contributed by atoms with Crippen LogP contribution in [-0.4, -0.2) is 25.1 Å². The highest BCUT2D eigenvalue weighted by Gasteiger charge is 2.20. The van der Waals surface area contributed by atoms with Crippen molar-refractivity contribution < 1.29 is 19.1 Å². The maximum Gasteiger partial charge on any atom is 0.337 e. The van der Waals surface area contributed by atoms with Crippen LogP contribution >= 0.6 is 11.6 Å². The van der Waals surface area contributed by atoms with E-state index in [1.54, 1.807) is 36.4 Å². The summed E-state index contributed by atoms with van der Waals surface area (Å²) in [5.74, 6) is -0.0473. The lowest BCUT2D eigenvalue weighted by Crippen LogP contribution is -2.15. The third kappa shape index (κ3) is 5.97. The molecule has 0 heterocycles. The number of amides is 1.